The number of hydrogen-bond acceptors (Lipinski definition) is 2. The van der Waals surface area contributed by atoms with Gasteiger partial charge in [0.1, 0.15) is 0 Å². The summed E-state index contributed by atoms with van der Waals surface area (Å²) in [6, 6.07) is 0. The van der Waals surface area contributed by atoms with Gasteiger partial charge in [-0.3, -0.25) is 0 Å². The van der Waals surface area contributed by atoms with Gasteiger partial charge in [-0.2, -0.15) is 13.2 Å². The number of rotatable bonds is 3. The third kappa shape index (κ3) is 2.34. The molecule has 11 heavy (non-hydrogen) atoms. The van der Waals surface area contributed by atoms with Crippen molar-refractivity contribution < 1.29 is 18.3 Å². The Labute approximate surface area is 63.2 Å². The normalized spacial score (nSPS) is 18.0. The highest BCUT2D eigenvalue weighted by atomic mass is 19.4. The monoisotopic (exact) mass is 171 g/mol. The molecule has 0 radical (unpaired) electrons. The van der Waals surface area contributed by atoms with E-state index in [1.54, 1.807) is 0 Å². The van der Waals surface area contributed by atoms with Crippen LogP contribution in [0.3, 0.4) is 0 Å². The predicted octanol–water partition coefficient (Wildman–Crippen LogP) is 1.04. The molecule has 0 aliphatic carbocycles. The van der Waals surface area contributed by atoms with Gasteiger partial charge in [-0.25, -0.2) is 0 Å². The van der Waals surface area contributed by atoms with E-state index in [4.69, 9.17) is 10.8 Å². The number of nitrogens with two attached hydrogens (primary N) is 1. The van der Waals surface area contributed by atoms with Crippen LogP contribution in [0.25, 0.3) is 0 Å². The van der Waals surface area contributed by atoms with Crippen molar-refractivity contribution in [1.29, 1.82) is 0 Å². The molecule has 1 atom stereocenters. The highest BCUT2D eigenvalue weighted by molar-refractivity contribution is 4.85. The highest BCUT2D eigenvalue weighted by Gasteiger charge is 2.51. The van der Waals surface area contributed by atoms with Gasteiger partial charge in [-0.15, -0.1) is 0 Å². The smallest absolute Gasteiger partial charge is 0.380 e. The molecule has 0 aliphatic rings. The number of alkyl halides is 3. The van der Waals surface area contributed by atoms with Crippen LogP contribution in [0.1, 0.15) is 19.8 Å². The fourth-order valence-electron chi connectivity index (χ4n) is 0.758. The van der Waals surface area contributed by atoms with Crippen LogP contribution in [-0.2, 0) is 0 Å². The minimum Gasteiger partial charge on any atom is -0.380 e. The second-order valence-corrected chi connectivity index (χ2v) is 2.42. The Morgan fingerprint density at radius 2 is 1.82 bits per heavy atom. The largest absolute Gasteiger partial charge is 0.417 e. The molecule has 2 nitrogen and oxygen atoms in total. The van der Waals surface area contributed by atoms with Crippen LogP contribution in [0.5, 0.6) is 0 Å². The van der Waals surface area contributed by atoms with Gasteiger partial charge in [-0.05, 0) is 19.4 Å². The Bertz CT molecular complexity index is 125. The first-order chi connectivity index (χ1) is 4.87. The Hall–Kier alpha value is -0.290. The second kappa shape index (κ2) is 3.40. The average Bonchev–Trinajstić information content (AvgIpc) is 1.86. The van der Waals surface area contributed by atoms with Crippen LogP contribution < -0.4 is 5.73 Å². The zero-order valence-corrected chi connectivity index (χ0v) is 6.28. The van der Waals surface area contributed by atoms with Crippen LogP contribution in [0, 0.1) is 0 Å². The van der Waals surface area contributed by atoms with Gasteiger partial charge < -0.3 is 10.8 Å². The minimum atomic E-state index is -4.57. The molecule has 0 saturated heterocycles. The maximum Gasteiger partial charge on any atom is 0.417 e. The fraction of sp³-hybridized carbons (Fsp3) is 1.00. The third-order valence-electron chi connectivity index (χ3n) is 1.67. The van der Waals surface area contributed by atoms with E-state index in [0.717, 1.165) is 0 Å². The van der Waals surface area contributed by atoms with E-state index in [0.29, 0.717) is 0 Å². The molecule has 0 aromatic carbocycles. The lowest BCUT2D eigenvalue weighted by atomic mass is 9.96. The van der Waals surface area contributed by atoms with Gasteiger partial charge in [0.25, 0.3) is 0 Å². The van der Waals surface area contributed by atoms with Crippen LogP contribution in [0.15, 0.2) is 0 Å². The zero-order valence-electron chi connectivity index (χ0n) is 6.28. The summed E-state index contributed by atoms with van der Waals surface area (Å²) >= 11 is 0. The molecule has 0 spiro atoms. The van der Waals surface area contributed by atoms with Crippen molar-refractivity contribution in [3.63, 3.8) is 0 Å². The van der Waals surface area contributed by atoms with E-state index in [2.05, 4.69) is 0 Å². The molecule has 0 bridgehead atoms. The van der Waals surface area contributed by atoms with Crippen LogP contribution >= 0.6 is 0 Å². The van der Waals surface area contributed by atoms with E-state index in [1.807, 2.05) is 0 Å². The Morgan fingerprint density at radius 3 is 1.91 bits per heavy atom. The Morgan fingerprint density at radius 1 is 1.36 bits per heavy atom. The minimum absolute atomic E-state index is 0.163. The highest BCUT2D eigenvalue weighted by Crippen LogP contribution is 2.34. The molecule has 0 amide bonds. The molecular formula is C6H12F3NO. The van der Waals surface area contributed by atoms with Crippen LogP contribution in [0.2, 0.25) is 0 Å². The van der Waals surface area contributed by atoms with E-state index in [-0.39, 0.29) is 13.0 Å². The summed E-state index contributed by atoms with van der Waals surface area (Å²) in [7, 11) is 0. The van der Waals surface area contributed by atoms with Gasteiger partial charge in [0.15, 0.2) is 5.60 Å². The molecule has 0 aromatic rings. The van der Waals surface area contributed by atoms with E-state index < -0.39 is 18.2 Å². The van der Waals surface area contributed by atoms with E-state index >= 15 is 0 Å². The summed E-state index contributed by atoms with van der Waals surface area (Å²) in [5.74, 6) is 0. The quantitative estimate of drug-likeness (QED) is 0.666. The van der Waals surface area contributed by atoms with Crippen LogP contribution in [-0.4, -0.2) is 23.4 Å². The maximum absolute atomic E-state index is 12.0. The zero-order chi connectivity index (χ0) is 9.12. The summed E-state index contributed by atoms with van der Waals surface area (Å²) in [5, 5.41) is 8.95. The number of halogens is 3. The van der Waals surface area contributed by atoms with Crippen molar-refractivity contribution >= 4 is 0 Å². The molecule has 0 aliphatic heterocycles. The maximum atomic E-state index is 12.0. The first-order valence-electron chi connectivity index (χ1n) is 3.36. The average molecular weight is 171 g/mol. The summed E-state index contributed by atoms with van der Waals surface area (Å²) < 4.78 is 36.0. The van der Waals surface area contributed by atoms with Crippen molar-refractivity contribution in [3.8, 4) is 0 Å². The molecule has 0 fully saturated rings. The predicted molar refractivity (Wildman–Crippen MR) is 35.0 cm³/mol. The van der Waals surface area contributed by atoms with Gasteiger partial charge in [0.05, 0.1) is 0 Å². The van der Waals surface area contributed by atoms with Gasteiger partial charge in [0.2, 0.25) is 0 Å². The molecule has 68 valence electrons. The Kier molecular flexibility index (Phi) is 3.31. The SMILES string of the molecule is CCC(O)(CCN)C(F)(F)F. The molecule has 0 heterocycles. The van der Waals surface area contributed by atoms with E-state index in [9.17, 15) is 13.2 Å². The van der Waals surface area contributed by atoms with E-state index in [1.165, 1.54) is 6.92 Å². The first kappa shape index (κ1) is 10.7. The molecule has 1 unspecified atom stereocenters. The molecule has 5 heteroatoms. The number of hydrogen-bond donors (Lipinski definition) is 2. The third-order valence-corrected chi connectivity index (χ3v) is 1.67. The molecule has 0 saturated carbocycles. The number of aliphatic hydroxyl groups is 1. The summed E-state index contributed by atoms with van der Waals surface area (Å²) in [5.41, 5.74) is 2.33. The van der Waals surface area contributed by atoms with Crippen molar-refractivity contribution in [1.82, 2.24) is 0 Å². The van der Waals surface area contributed by atoms with Gasteiger partial charge in [0, 0.05) is 0 Å². The standard InChI is InChI=1S/C6H12F3NO/c1-2-5(11,3-4-10)6(7,8)9/h11H,2-4,10H2,1H3. The lowest BCUT2D eigenvalue weighted by Gasteiger charge is -2.28. The molecular weight excluding hydrogens is 159 g/mol. The topological polar surface area (TPSA) is 46.2 Å². The molecule has 0 aromatic heterocycles. The summed E-state index contributed by atoms with van der Waals surface area (Å²) in [4.78, 5) is 0. The van der Waals surface area contributed by atoms with Crippen molar-refractivity contribution in [2.24, 2.45) is 5.73 Å². The fourth-order valence-corrected chi connectivity index (χ4v) is 0.758. The lowest BCUT2D eigenvalue weighted by molar-refractivity contribution is -0.262. The van der Waals surface area contributed by atoms with Crippen molar-refractivity contribution in [3.05, 3.63) is 0 Å². The summed E-state index contributed by atoms with van der Waals surface area (Å²) in [6.07, 6.45) is -5.36. The van der Waals surface area contributed by atoms with Crippen LogP contribution in [0.4, 0.5) is 13.2 Å². The lowest BCUT2D eigenvalue weighted by Crippen LogP contribution is -2.45. The molecule has 0 rings (SSSR count). The van der Waals surface area contributed by atoms with Gasteiger partial charge in [-0.1, -0.05) is 6.92 Å². The second-order valence-electron chi connectivity index (χ2n) is 2.42. The molecule has 3 N–H and O–H groups in total. The van der Waals surface area contributed by atoms with Crippen molar-refractivity contribution in [2.75, 3.05) is 6.54 Å². The van der Waals surface area contributed by atoms with Crippen molar-refractivity contribution in [2.45, 2.75) is 31.5 Å². The van der Waals surface area contributed by atoms with Gasteiger partial charge >= 0.3 is 6.18 Å². The summed E-state index contributed by atoms with van der Waals surface area (Å²) in [6.45, 7) is 1.12. The Balaban J connectivity index is 4.33. The first-order valence-corrected chi connectivity index (χ1v) is 3.36.